The number of carbonyl (C=O) groups excluding carboxylic acids is 2. The summed E-state index contributed by atoms with van der Waals surface area (Å²) in [5.41, 5.74) is 2.86. The van der Waals surface area contributed by atoms with Crippen molar-refractivity contribution in [2.24, 2.45) is 12.5 Å². The van der Waals surface area contributed by atoms with Crippen LogP contribution in [0.5, 0.6) is 0 Å². The number of halogens is 3. The van der Waals surface area contributed by atoms with Crippen LogP contribution in [0.25, 0.3) is 11.0 Å². The monoisotopic (exact) mass is 571 g/mol. The summed E-state index contributed by atoms with van der Waals surface area (Å²) in [7, 11) is 1.66. The molecular formula is C26H24F3N7O5. The summed E-state index contributed by atoms with van der Waals surface area (Å²) in [6, 6.07) is 4.73. The number of aryl methyl sites for hydroxylation is 1. The Bertz CT molecular complexity index is 1660. The van der Waals surface area contributed by atoms with E-state index in [1.165, 1.54) is 9.13 Å². The Kier molecular flexibility index (Phi) is 7.03. The van der Waals surface area contributed by atoms with Crippen LogP contribution in [0, 0.1) is 17.3 Å². The molecule has 0 radical (unpaired) electrons. The van der Waals surface area contributed by atoms with Gasteiger partial charge in [-0.1, -0.05) is 11.8 Å². The fraction of sp³-hybridized carbons (Fsp3) is 0.385. The molecule has 0 saturated carbocycles. The number of benzene rings is 1. The lowest BCUT2D eigenvalue weighted by atomic mass is 9.75. The van der Waals surface area contributed by atoms with Gasteiger partial charge in [-0.3, -0.25) is 24.0 Å². The van der Waals surface area contributed by atoms with Gasteiger partial charge in [-0.15, -0.1) is 0 Å². The van der Waals surface area contributed by atoms with E-state index in [9.17, 15) is 27.6 Å². The maximum atomic E-state index is 12.9. The molecule has 6 rings (SSSR count). The normalized spacial score (nSPS) is 19.3. The minimum atomic E-state index is -5.08. The van der Waals surface area contributed by atoms with Crippen molar-refractivity contribution in [3.63, 3.8) is 0 Å². The molecule has 1 atom stereocenters. The Morgan fingerprint density at radius 3 is 2.27 bits per heavy atom. The summed E-state index contributed by atoms with van der Waals surface area (Å²) < 4.78 is 34.7. The zero-order valence-corrected chi connectivity index (χ0v) is 21.7. The van der Waals surface area contributed by atoms with Crippen molar-refractivity contribution in [3.05, 3.63) is 52.2 Å². The Morgan fingerprint density at radius 2 is 1.71 bits per heavy atom. The lowest BCUT2D eigenvalue weighted by Gasteiger charge is -2.55. The predicted octanol–water partition coefficient (Wildman–Crippen LogP) is 0.550. The number of imide groups is 1. The fourth-order valence-corrected chi connectivity index (χ4v) is 4.97. The first-order valence-electron chi connectivity index (χ1n) is 12.5. The van der Waals surface area contributed by atoms with Crippen molar-refractivity contribution in [2.75, 3.05) is 31.1 Å². The number of carbonyl (C=O) groups is 3. The third-order valence-electron chi connectivity index (χ3n) is 7.18. The van der Waals surface area contributed by atoms with E-state index in [1.807, 2.05) is 12.1 Å². The number of alkyl halides is 3. The molecule has 3 aromatic rings. The first-order valence-corrected chi connectivity index (χ1v) is 12.5. The first-order chi connectivity index (χ1) is 19.4. The first kappa shape index (κ1) is 27.8. The molecule has 0 aliphatic carbocycles. The second-order valence-electron chi connectivity index (χ2n) is 10.2. The van der Waals surface area contributed by atoms with Crippen molar-refractivity contribution in [3.8, 4) is 11.8 Å². The second kappa shape index (κ2) is 10.4. The molecule has 214 valence electrons. The number of fused-ring (bicyclic) bond motifs is 1. The molecule has 1 unspecified atom stereocenters. The van der Waals surface area contributed by atoms with Crippen LogP contribution >= 0.6 is 0 Å². The molecule has 2 aromatic heterocycles. The Morgan fingerprint density at radius 1 is 1.07 bits per heavy atom. The minimum absolute atomic E-state index is 0.208. The largest absolute Gasteiger partial charge is 0.490 e. The van der Waals surface area contributed by atoms with Crippen molar-refractivity contribution < 1.29 is 32.7 Å². The predicted molar refractivity (Wildman–Crippen MR) is 138 cm³/mol. The average Bonchev–Trinajstić information content (AvgIpc) is 3.11. The maximum Gasteiger partial charge on any atom is 0.490 e. The van der Waals surface area contributed by atoms with E-state index in [4.69, 9.17) is 9.90 Å². The highest BCUT2D eigenvalue weighted by Gasteiger charge is 2.48. The summed E-state index contributed by atoms with van der Waals surface area (Å²) >= 11 is 0. The summed E-state index contributed by atoms with van der Waals surface area (Å²) in [6.07, 6.45) is -1.11. The Labute approximate surface area is 230 Å². The van der Waals surface area contributed by atoms with Gasteiger partial charge in [-0.25, -0.2) is 19.6 Å². The number of piperidine rings is 1. The van der Waals surface area contributed by atoms with Gasteiger partial charge in [0.1, 0.15) is 6.04 Å². The second-order valence-corrected chi connectivity index (χ2v) is 10.2. The summed E-state index contributed by atoms with van der Waals surface area (Å²) in [5.74, 6) is 3.41. The molecule has 3 aliphatic rings. The van der Waals surface area contributed by atoms with Crippen molar-refractivity contribution in [1.82, 2.24) is 29.7 Å². The van der Waals surface area contributed by atoms with E-state index < -0.39 is 24.1 Å². The molecule has 15 heteroatoms. The van der Waals surface area contributed by atoms with Crippen molar-refractivity contribution in [1.29, 1.82) is 0 Å². The number of nitrogens with zero attached hydrogens (tertiary/aromatic N) is 5. The molecule has 3 fully saturated rings. The molecule has 3 aliphatic heterocycles. The third-order valence-corrected chi connectivity index (χ3v) is 7.18. The number of amides is 2. The van der Waals surface area contributed by atoms with Crippen LogP contribution < -0.4 is 21.2 Å². The molecule has 5 heterocycles. The number of hydrogen-bond donors (Lipinski definition) is 3. The fourth-order valence-electron chi connectivity index (χ4n) is 4.97. The lowest BCUT2D eigenvalue weighted by molar-refractivity contribution is -0.192. The smallest absolute Gasteiger partial charge is 0.475 e. The standard InChI is InChI=1S/C24H23N7O3.C2HF3O2/c1-29-19-8-15(4-5-17(19)31(23(29)34)18-6-7-20(32)28-21(18)33)2-3-16-9-26-22(27-10-16)30-13-24(14-30)11-25-12-24;3-2(4,5)1(6)7/h4-5,8-10,18,25H,6-7,11-14H2,1H3,(H,28,32,33);(H,6,7). The van der Waals surface area contributed by atoms with Crippen LogP contribution in [0.3, 0.4) is 0 Å². The molecule has 1 aromatic carbocycles. The number of nitrogens with one attached hydrogen (secondary N) is 2. The molecule has 1 spiro atoms. The van der Waals surface area contributed by atoms with Crippen LogP contribution in [-0.4, -0.2) is 74.3 Å². The van der Waals surface area contributed by atoms with Gasteiger partial charge in [0, 0.05) is 63.0 Å². The van der Waals surface area contributed by atoms with Crippen molar-refractivity contribution in [2.45, 2.75) is 25.1 Å². The van der Waals surface area contributed by atoms with Crippen LogP contribution in [-0.2, 0) is 21.4 Å². The average molecular weight is 572 g/mol. The molecule has 41 heavy (non-hydrogen) atoms. The quantitative estimate of drug-likeness (QED) is 0.296. The van der Waals surface area contributed by atoms with Crippen molar-refractivity contribution >= 4 is 34.8 Å². The summed E-state index contributed by atoms with van der Waals surface area (Å²) in [4.78, 5) is 56.7. The number of carboxylic acid groups (broad SMARTS) is 1. The SMILES string of the molecule is Cn1c(=O)n(C2CCC(=O)NC2=O)c2ccc(C#Cc3cnc(N4CC5(CNC5)C4)nc3)cc21.O=C(O)C(F)(F)F. The number of hydrogen-bond acceptors (Lipinski definition) is 8. The van der Waals surface area contributed by atoms with E-state index in [2.05, 4.69) is 37.3 Å². The van der Waals surface area contributed by atoms with E-state index >= 15 is 0 Å². The lowest BCUT2D eigenvalue weighted by Crippen LogP contribution is -2.71. The number of anilines is 1. The molecule has 2 amide bonds. The van der Waals surface area contributed by atoms with E-state index in [1.54, 1.807) is 25.5 Å². The summed E-state index contributed by atoms with van der Waals surface area (Å²) in [6.45, 7) is 4.12. The number of carboxylic acids is 1. The third kappa shape index (κ3) is 5.50. The van der Waals surface area contributed by atoms with Crippen LogP contribution in [0.15, 0.2) is 35.4 Å². The number of aromatic nitrogens is 4. The molecule has 12 nitrogen and oxygen atoms in total. The summed E-state index contributed by atoms with van der Waals surface area (Å²) in [5, 5.41) is 12.8. The van der Waals surface area contributed by atoms with E-state index in [0.717, 1.165) is 37.7 Å². The van der Waals surface area contributed by atoms with E-state index in [-0.39, 0.29) is 18.0 Å². The van der Waals surface area contributed by atoms with Crippen LogP contribution in [0.2, 0.25) is 0 Å². The van der Waals surface area contributed by atoms with Gasteiger partial charge in [-0.05, 0) is 24.6 Å². The topological polar surface area (TPSA) is 151 Å². The highest BCUT2D eigenvalue weighted by Crippen LogP contribution is 2.35. The van der Waals surface area contributed by atoms with Gasteiger partial charge >= 0.3 is 17.8 Å². The number of rotatable bonds is 2. The molecule has 0 bridgehead atoms. The minimum Gasteiger partial charge on any atom is -0.475 e. The number of imidazole rings is 1. The van der Waals surface area contributed by atoms with Gasteiger partial charge in [-0.2, -0.15) is 13.2 Å². The molecular weight excluding hydrogens is 547 g/mol. The zero-order chi connectivity index (χ0) is 29.5. The highest BCUT2D eigenvalue weighted by molar-refractivity contribution is 6.00. The van der Waals surface area contributed by atoms with Crippen LogP contribution in [0.1, 0.15) is 30.0 Å². The molecule has 3 saturated heterocycles. The maximum absolute atomic E-state index is 12.9. The van der Waals surface area contributed by atoms with Gasteiger partial charge < -0.3 is 15.3 Å². The number of aliphatic carboxylic acids is 1. The van der Waals surface area contributed by atoms with Crippen LogP contribution in [0.4, 0.5) is 19.1 Å². The Hall–Kier alpha value is -4.71. The van der Waals surface area contributed by atoms with Gasteiger partial charge in [0.25, 0.3) is 0 Å². The zero-order valence-electron chi connectivity index (χ0n) is 21.7. The highest BCUT2D eigenvalue weighted by atomic mass is 19.4. The van der Waals surface area contributed by atoms with Gasteiger partial charge in [0.2, 0.25) is 17.8 Å². The van der Waals surface area contributed by atoms with Gasteiger partial charge in [0.15, 0.2) is 0 Å². The molecule has 3 N–H and O–H groups in total. The van der Waals surface area contributed by atoms with Gasteiger partial charge in [0.05, 0.1) is 16.6 Å². The van der Waals surface area contributed by atoms with E-state index in [0.29, 0.717) is 28.4 Å². The Balaban J connectivity index is 0.000000431.